The van der Waals surface area contributed by atoms with E-state index in [-0.39, 0.29) is 30.1 Å². The smallest absolute Gasteiger partial charge is 0.407 e. The molecule has 0 saturated heterocycles. The van der Waals surface area contributed by atoms with E-state index >= 15 is 0 Å². The molecular weight excluding hydrogens is 618 g/mol. The highest BCUT2D eigenvalue weighted by Crippen LogP contribution is 2.30. The summed E-state index contributed by atoms with van der Waals surface area (Å²) in [5.74, 6) is 0.686. The van der Waals surface area contributed by atoms with Gasteiger partial charge in [-0.2, -0.15) is 5.21 Å². The lowest BCUT2D eigenvalue weighted by atomic mass is 9.81. The molecule has 3 amide bonds. The van der Waals surface area contributed by atoms with E-state index in [4.69, 9.17) is 9.47 Å². The van der Waals surface area contributed by atoms with Crippen LogP contribution in [-0.2, 0) is 20.7 Å². The Bertz CT molecular complexity index is 1380. The van der Waals surface area contributed by atoms with Crippen LogP contribution in [-0.4, -0.2) is 63.8 Å². The van der Waals surface area contributed by atoms with Gasteiger partial charge in [-0.1, -0.05) is 6.07 Å². The second-order valence-corrected chi connectivity index (χ2v) is 12.5. The molecule has 1 fully saturated rings. The fraction of sp³-hybridized carbons (Fsp3) is 0.467. The van der Waals surface area contributed by atoms with Crippen LogP contribution >= 0.6 is 15.9 Å². The van der Waals surface area contributed by atoms with Gasteiger partial charge in [-0.15, -0.1) is 10.2 Å². The lowest BCUT2D eigenvalue weighted by molar-refractivity contribution is -0.130. The summed E-state index contributed by atoms with van der Waals surface area (Å²) in [7, 11) is 1.59. The number of methoxy groups -OCH3 is 1. The van der Waals surface area contributed by atoms with Gasteiger partial charge in [-0.05, 0) is 115 Å². The van der Waals surface area contributed by atoms with Crippen molar-refractivity contribution in [3.63, 3.8) is 0 Å². The van der Waals surface area contributed by atoms with Crippen molar-refractivity contribution >= 4 is 39.5 Å². The number of anilines is 1. The average Bonchev–Trinajstić information content (AvgIpc) is 3.51. The van der Waals surface area contributed by atoms with Gasteiger partial charge in [-0.25, -0.2) is 4.79 Å². The van der Waals surface area contributed by atoms with E-state index in [1.807, 2.05) is 39.0 Å². The molecule has 1 saturated carbocycles. The fourth-order valence-corrected chi connectivity index (χ4v) is 5.55. The molecule has 4 rings (SSSR count). The van der Waals surface area contributed by atoms with Crippen LogP contribution in [0.2, 0.25) is 0 Å². The van der Waals surface area contributed by atoms with E-state index < -0.39 is 17.7 Å². The van der Waals surface area contributed by atoms with Crippen LogP contribution < -0.4 is 20.7 Å². The molecule has 0 bridgehead atoms. The zero-order valence-electron chi connectivity index (χ0n) is 24.8. The second kappa shape index (κ2) is 14.5. The zero-order valence-corrected chi connectivity index (χ0v) is 26.4. The molecule has 1 aliphatic carbocycles. The van der Waals surface area contributed by atoms with Crippen LogP contribution in [0, 0.1) is 11.8 Å². The van der Waals surface area contributed by atoms with Crippen molar-refractivity contribution in [2.45, 2.75) is 64.5 Å². The molecule has 12 nitrogen and oxygen atoms in total. The Hall–Kier alpha value is -4.00. The van der Waals surface area contributed by atoms with E-state index in [0.29, 0.717) is 36.6 Å². The number of carbonyl (C=O) groups is 3. The van der Waals surface area contributed by atoms with Gasteiger partial charge in [-0.3, -0.25) is 9.59 Å². The third kappa shape index (κ3) is 9.50. The van der Waals surface area contributed by atoms with Gasteiger partial charge in [0.15, 0.2) is 0 Å². The van der Waals surface area contributed by atoms with Crippen molar-refractivity contribution in [1.82, 2.24) is 31.3 Å². The molecule has 1 aliphatic rings. The Morgan fingerprint density at radius 3 is 2.40 bits per heavy atom. The number of aromatic nitrogens is 4. The SMILES string of the molecule is COc1ccc(C[C@H](NC(=O)C2CCC(CNC(=O)OC(C)(C)C)CC2)C(=O)Nc2ccc(-c3nn[nH]n3)cc2)cc1Br. The number of rotatable bonds is 10. The lowest BCUT2D eigenvalue weighted by Crippen LogP contribution is -2.48. The van der Waals surface area contributed by atoms with Gasteiger partial charge < -0.3 is 25.4 Å². The Kier molecular flexibility index (Phi) is 10.7. The van der Waals surface area contributed by atoms with Crippen LogP contribution in [0.5, 0.6) is 5.75 Å². The number of H-pyrrole nitrogens is 1. The molecule has 230 valence electrons. The Morgan fingerprint density at radius 1 is 1.07 bits per heavy atom. The maximum atomic E-state index is 13.5. The van der Waals surface area contributed by atoms with Crippen LogP contribution in [0.25, 0.3) is 11.4 Å². The molecule has 13 heteroatoms. The second-order valence-electron chi connectivity index (χ2n) is 11.6. The molecule has 4 N–H and O–H groups in total. The minimum absolute atomic E-state index is 0.154. The van der Waals surface area contributed by atoms with E-state index in [1.165, 1.54) is 0 Å². The third-order valence-electron chi connectivity index (χ3n) is 7.20. The minimum Gasteiger partial charge on any atom is -0.496 e. The first-order valence-corrected chi connectivity index (χ1v) is 15.0. The van der Waals surface area contributed by atoms with Gasteiger partial charge in [0.2, 0.25) is 17.6 Å². The van der Waals surface area contributed by atoms with Crippen molar-refractivity contribution in [3.8, 4) is 17.1 Å². The van der Waals surface area contributed by atoms with Crippen molar-refractivity contribution in [1.29, 1.82) is 0 Å². The third-order valence-corrected chi connectivity index (χ3v) is 7.82. The van der Waals surface area contributed by atoms with E-state index in [2.05, 4.69) is 52.5 Å². The number of amides is 3. The zero-order chi connectivity index (χ0) is 31.0. The largest absolute Gasteiger partial charge is 0.496 e. The quantitative estimate of drug-likeness (QED) is 0.246. The molecule has 0 aliphatic heterocycles. The fourth-order valence-electron chi connectivity index (χ4n) is 4.96. The number of nitrogens with one attached hydrogen (secondary N) is 4. The number of halogens is 1. The topological polar surface area (TPSA) is 160 Å². The molecule has 0 radical (unpaired) electrons. The Morgan fingerprint density at radius 2 is 1.79 bits per heavy atom. The number of aromatic amines is 1. The lowest BCUT2D eigenvalue weighted by Gasteiger charge is -2.29. The predicted molar refractivity (Wildman–Crippen MR) is 164 cm³/mol. The monoisotopic (exact) mass is 655 g/mol. The van der Waals surface area contributed by atoms with Crippen LogP contribution in [0.3, 0.4) is 0 Å². The summed E-state index contributed by atoms with van der Waals surface area (Å²) in [4.78, 5) is 38.9. The number of hydrogen-bond donors (Lipinski definition) is 4. The van der Waals surface area contributed by atoms with Gasteiger partial charge in [0.1, 0.15) is 17.4 Å². The average molecular weight is 657 g/mol. The molecule has 3 aromatic rings. The standard InChI is InChI=1S/C30H38BrN7O5/c1-30(2,3)43-29(41)32-17-18-5-8-21(9-6-18)27(39)34-24(16-19-7-14-25(42-4)23(31)15-19)28(40)33-22-12-10-20(11-13-22)26-35-37-38-36-26/h7,10-15,18,21,24H,5-6,8-9,16-17H2,1-4H3,(H,32,41)(H,33,40)(H,34,39)(H,35,36,37,38)/t18?,21?,24-/m0/s1. The van der Waals surface area contributed by atoms with Gasteiger partial charge in [0.25, 0.3) is 0 Å². The number of carbonyl (C=O) groups excluding carboxylic acids is 3. The van der Waals surface area contributed by atoms with Crippen LogP contribution in [0.15, 0.2) is 46.9 Å². The molecule has 1 aromatic heterocycles. The minimum atomic E-state index is -0.809. The first-order valence-electron chi connectivity index (χ1n) is 14.2. The van der Waals surface area contributed by atoms with Gasteiger partial charge >= 0.3 is 6.09 Å². The maximum absolute atomic E-state index is 13.5. The van der Waals surface area contributed by atoms with Crippen molar-refractivity contribution in [2.24, 2.45) is 11.8 Å². The summed E-state index contributed by atoms with van der Waals surface area (Å²) < 4.78 is 11.4. The van der Waals surface area contributed by atoms with Crippen LogP contribution in [0.4, 0.5) is 10.5 Å². The molecule has 0 spiro atoms. The first-order chi connectivity index (χ1) is 20.5. The van der Waals surface area contributed by atoms with Gasteiger partial charge in [0, 0.05) is 30.1 Å². The molecule has 1 heterocycles. The van der Waals surface area contributed by atoms with Crippen LogP contribution in [0.1, 0.15) is 52.0 Å². The molecule has 2 aromatic carbocycles. The Balaban J connectivity index is 1.38. The molecular formula is C30H38BrN7O5. The first kappa shape index (κ1) is 31.9. The summed E-state index contributed by atoms with van der Waals surface area (Å²) in [5.41, 5.74) is 1.63. The summed E-state index contributed by atoms with van der Waals surface area (Å²) in [6.07, 6.45) is 2.79. The van der Waals surface area contributed by atoms with E-state index in [9.17, 15) is 14.4 Å². The molecule has 0 unspecified atom stereocenters. The van der Waals surface area contributed by atoms with Crippen molar-refractivity contribution in [2.75, 3.05) is 19.0 Å². The normalized spacial score (nSPS) is 17.4. The molecule has 1 atom stereocenters. The van der Waals surface area contributed by atoms with Gasteiger partial charge in [0.05, 0.1) is 11.6 Å². The summed E-state index contributed by atoms with van der Waals surface area (Å²) in [6.45, 7) is 5.98. The summed E-state index contributed by atoms with van der Waals surface area (Å²) in [6, 6.07) is 11.8. The maximum Gasteiger partial charge on any atom is 0.407 e. The number of hydrogen-bond acceptors (Lipinski definition) is 8. The number of alkyl carbamates (subject to hydrolysis) is 1. The van der Waals surface area contributed by atoms with E-state index in [0.717, 1.165) is 28.4 Å². The number of tetrazole rings is 1. The highest BCUT2D eigenvalue weighted by atomic mass is 79.9. The molecule has 43 heavy (non-hydrogen) atoms. The van der Waals surface area contributed by atoms with E-state index in [1.54, 1.807) is 31.4 Å². The highest BCUT2D eigenvalue weighted by Gasteiger charge is 2.30. The number of ether oxygens (including phenoxy) is 2. The summed E-state index contributed by atoms with van der Waals surface area (Å²) in [5, 5.41) is 22.7. The predicted octanol–water partition coefficient (Wildman–Crippen LogP) is 4.63. The highest BCUT2D eigenvalue weighted by molar-refractivity contribution is 9.10. The van der Waals surface area contributed by atoms with Crippen molar-refractivity contribution < 1.29 is 23.9 Å². The van der Waals surface area contributed by atoms with Crippen molar-refractivity contribution in [3.05, 3.63) is 52.5 Å². The number of benzene rings is 2. The Labute approximate surface area is 259 Å². The number of nitrogens with zero attached hydrogens (tertiary/aromatic N) is 3. The summed E-state index contributed by atoms with van der Waals surface area (Å²) >= 11 is 3.50.